The number of nitrogens with zero attached hydrogens (tertiary/aromatic N) is 1. The van der Waals surface area contributed by atoms with Gasteiger partial charge in [0.05, 0.1) is 0 Å². The summed E-state index contributed by atoms with van der Waals surface area (Å²) >= 11 is 0. The third kappa shape index (κ3) is 3.66. The second kappa shape index (κ2) is 6.02. The van der Waals surface area contributed by atoms with Gasteiger partial charge in [-0.25, -0.2) is 0 Å². The lowest BCUT2D eigenvalue weighted by molar-refractivity contribution is -0.133. The van der Waals surface area contributed by atoms with Crippen LogP contribution in [0.25, 0.3) is 0 Å². The van der Waals surface area contributed by atoms with Crippen LogP contribution >= 0.6 is 0 Å². The lowest BCUT2D eigenvalue weighted by atomic mass is 10.1. The molecule has 82 valence electrons. The Hall–Kier alpha value is -0.570. The van der Waals surface area contributed by atoms with Crippen molar-refractivity contribution in [1.29, 1.82) is 0 Å². The van der Waals surface area contributed by atoms with Crippen LogP contribution in [0.4, 0.5) is 0 Å². The molecule has 1 aliphatic heterocycles. The van der Waals surface area contributed by atoms with Crippen LogP contribution in [0.2, 0.25) is 0 Å². The van der Waals surface area contributed by atoms with Gasteiger partial charge in [-0.2, -0.15) is 0 Å². The zero-order valence-corrected chi connectivity index (χ0v) is 9.38. The maximum atomic E-state index is 11.4. The number of hydrogen-bond acceptors (Lipinski definition) is 2. The van der Waals surface area contributed by atoms with Gasteiger partial charge >= 0.3 is 0 Å². The standard InChI is InChI=1S/C11H22N2O/c1-10(12-2)6-5-9-13-8-4-3-7-11(13)14/h10,12H,3-9H2,1-2H3. The van der Waals surface area contributed by atoms with Gasteiger partial charge < -0.3 is 10.2 Å². The topological polar surface area (TPSA) is 32.3 Å². The zero-order chi connectivity index (χ0) is 10.4. The highest BCUT2D eigenvalue weighted by molar-refractivity contribution is 5.76. The van der Waals surface area contributed by atoms with Gasteiger partial charge in [0, 0.05) is 25.6 Å². The van der Waals surface area contributed by atoms with Crippen molar-refractivity contribution in [3.05, 3.63) is 0 Å². The number of likely N-dealkylation sites (tertiary alicyclic amines) is 1. The fourth-order valence-electron chi connectivity index (χ4n) is 1.83. The molecule has 1 atom stereocenters. The highest BCUT2D eigenvalue weighted by Crippen LogP contribution is 2.11. The van der Waals surface area contributed by atoms with Crippen LogP contribution < -0.4 is 5.32 Å². The largest absolute Gasteiger partial charge is 0.343 e. The number of amides is 1. The molecule has 0 radical (unpaired) electrons. The lowest BCUT2D eigenvalue weighted by Gasteiger charge is -2.27. The maximum absolute atomic E-state index is 11.4. The Labute approximate surface area is 86.9 Å². The molecule has 3 nitrogen and oxygen atoms in total. The number of hydrogen-bond donors (Lipinski definition) is 1. The van der Waals surface area contributed by atoms with Crippen LogP contribution in [-0.4, -0.2) is 37.0 Å². The van der Waals surface area contributed by atoms with E-state index >= 15 is 0 Å². The van der Waals surface area contributed by atoms with Crippen molar-refractivity contribution in [2.75, 3.05) is 20.1 Å². The van der Waals surface area contributed by atoms with E-state index in [1.165, 1.54) is 6.42 Å². The SMILES string of the molecule is CNC(C)CCCN1CCCCC1=O. The molecule has 0 bridgehead atoms. The Morgan fingerprint density at radius 2 is 2.29 bits per heavy atom. The maximum Gasteiger partial charge on any atom is 0.222 e. The molecule has 0 aromatic heterocycles. The van der Waals surface area contributed by atoms with Gasteiger partial charge in [-0.05, 0) is 39.7 Å². The third-order valence-corrected chi connectivity index (χ3v) is 2.98. The molecule has 3 heteroatoms. The Balaban J connectivity index is 2.13. The van der Waals surface area contributed by atoms with Crippen LogP contribution in [0.3, 0.4) is 0 Å². The second-order valence-electron chi connectivity index (χ2n) is 4.17. The minimum absolute atomic E-state index is 0.355. The summed E-state index contributed by atoms with van der Waals surface area (Å²) in [5.41, 5.74) is 0. The van der Waals surface area contributed by atoms with E-state index in [1.54, 1.807) is 0 Å². The summed E-state index contributed by atoms with van der Waals surface area (Å²) in [4.78, 5) is 13.5. The molecular weight excluding hydrogens is 176 g/mol. The van der Waals surface area contributed by atoms with Gasteiger partial charge in [0.2, 0.25) is 5.91 Å². The number of nitrogens with one attached hydrogen (secondary N) is 1. The van der Waals surface area contributed by atoms with Gasteiger partial charge in [-0.15, -0.1) is 0 Å². The predicted octanol–water partition coefficient (Wildman–Crippen LogP) is 1.39. The zero-order valence-electron chi connectivity index (χ0n) is 9.38. The van der Waals surface area contributed by atoms with Crippen molar-refractivity contribution >= 4 is 5.91 Å². The number of piperidine rings is 1. The van der Waals surface area contributed by atoms with Gasteiger partial charge in [-0.3, -0.25) is 4.79 Å². The Morgan fingerprint density at radius 1 is 1.50 bits per heavy atom. The molecular formula is C11H22N2O. The average Bonchev–Trinajstić information content (AvgIpc) is 2.20. The first kappa shape index (κ1) is 11.5. The fourth-order valence-corrected chi connectivity index (χ4v) is 1.83. The molecule has 1 N–H and O–H groups in total. The first-order chi connectivity index (χ1) is 6.74. The molecule has 1 amide bonds. The van der Waals surface area contributed by atoms with Crippen molar-refractivity contribution in [1.82, 2.24) is 10.2 Å². The second-order valence-corrected chi connectivity index (χ2v) is 4.17. The van der Waals surface area contributed by atoms with Crippen molar-refractivity contribution < 1.29 is 4.79 Å². The van der Waals surface area contributed by atoms with E-state index in [2.05, 4.69) is 12.2 Å². The van der Waals surface area contributed by atoms with Crippen molar-refractivity contribution in [2.45, 2.75) is 45.1 Å². The lowest BCUT2D eigenvalue weighted by Crippen LogP contribution is -2.36. The normalized spacial score (nSPS) is 19.9. The molecule has 1 rings (SSSR count). The van der Waals surface area contributed by atoms with Crippen LogP contribution in [0.1, 0.15) is 39.0 Å². The Kier molecular flexibility index (Phi) is 4.94. The van der Waals surface area contributed by atoms with E-state index in [-0.39, 0.29) is 0 Å². The van der Waals surface area contributed by atoms with Crippen molar-refractivity contribution in [3.8, 4) is 0 Å². The quantitative estimate of drug-likeness (QED) is 0.724. The summed E-state index contributed by atoms with van der Waals surface area (Å²) in [6.07, 6.45) is 5.31. The predicted molar refractivity (Wildman–Crippen MR) is 58.2 cm³/mol. The third-order valence-electron chi connectivity index (χ3n) is 2.98. The summed E-state index contributed by atoms with van der Waals surface area (Å²) in [5, 5.41) is 3.21. The van der Waals surface area contributed by atoms with Gasteiger partial charge in [-0.1, -0.05) is 0 Å². The van der Waals surface area contributed by atoms with Crippen LogP contribution in [0, 0.1) is 0 Å². The minimum atomic E-state index is 0.355. The van der Waals surface area contributed by atoms with Crippen LogP contribution in [0.5, 0.6) is 0 Å². The van der Waals surface area contributed by atoms with Crippen molar-refractivity contribution in [3.63, 3.8) is 0 Å². The summed E-state index contributed by atoms with van der Waals surface area (Å²) in [7, 11) is 1.98. The Bertz CT molecular complexity index is 182. The van der Waals surface area contributed by atoms with E-state index in [9.17, 15) is 4.79 Å². The number of carbonyl (C=O) groups excluding carboxylic acids is 1. The molecule has 0 spiro atoms. The summed E-state index contributed by atoms with van der Waals surface area (Å²) in [6, 6.07) is 0.565. The molecule has 0 aliphatic carbocycles. The monoisotopic (exact) mass is 198 g/mol. The smallest absolute Gasteiger partial charge is 0.222 e. The fraction of sp³-hybridized carbons (Fsp3) is 0.909. The van der Waals surface area contributed by atoms with Gasteiger partial charge in [0.1, 0.15) is 0 Å². The summed E-state index contributed by atoms with van der Waals surface area (Å²) < 4.78 is 0. The molecule has 0 saturated carbocycles. The van der Waals surface area contributed by atoms with Gasteiger partial charge in [0.15, 0.2) is 0 Å². The summed E-state index contributed by atoms with van der Waals surface area (Å²) in [5.74, 6) is 0.355. The first-order valence-corrected chi connectivity index (χ1v) is 5.69. The average molecular weight is 198 g/mol. The van der Waals surface area contributed by atoms with E-state index in [0.29, 0.717) is 11.9 Å². The molecule has 0 aromatic carbocycles. The molecule has 0 aromatic rings. The van der Waals surface area contributed by atoms with E-state index in [4.69, 9.17) is 0 Å². The molecule has 1 heterocycles. The number of carbonyl (C=O) groups is 1. The Morgan fingerprint density at radius 3 is 2.93 bits per heavy atom. The molecule has 1 fully saturated rings. The first-order valence-electron chi connectivity index (χ1n) is 5.69. The van der Waals surface area contributed by atoms with Crippen molar-refractivity contribution in [2.24, 2.45) is 0 Å². The van der Waals surface area contributed by atoms with Gasteiger partial charge in [0.25, 0.3) is 0 Å². The molecule has 1 aliphatic rings. The molecule has 1 saturated heterocycles. The highest BCUT2D eigenvalue weighted by Gasteiger charge is 2.17. The van der Waals surface area contributed by atoms with Crippen LogP contribution in [-0.2, 0) is 4.79 Å². The molecule has 14 heavy (non-hydrogen) atoms. The van der Waals surface area contributed by atoms with E-state index in [1.807, 2.05) is 11.9 Å². The van der Waals surface area contributed by atoms with E-state index in [0.717, 1.165) is 38.8 Å². The number of rotatable bonds is 5. The highest BCUT2D eigenvalue weighted by atomic mass is 16.2. The van der Waals surface area contributed by atoms with E-state index < -0.39 is 0 Å². The minimum Gasteiger partial charge on any atom is -0.343 e. The molecule has 1 unspecified atom stereocenters. The summed E-state index contributed by atoms with van der Waals surface area (Å²) in [6.45, 7) is 4.11. The van der Waals surface area contributed by atoms with Crippen LogP contribution in [0.15, 0.2) is 0 Å².